The molecule has 0 saturated heterocycles. The number of anilines is 1. The van der Waals surface area contributed by atoms with Crippen molar-refractivity contribution in [1.29, 1.82) is 0 Å². The van der Waals surface area contributed by atoms with Crippen LogP contribution in [0.2, 0.25) is 0 Å². The molecule has 0 aliphatic rings. The van der Waals surface area contributed by atoms with E-state index in [0.29, 0.717) is 5.82 Å². The summed E-state index contributed by atoms with van der Waals surface area (Å²) in [6.07, 6.45) is 0. The Bertz CT molecular complexity index is 649. The molecule has 2 rings (SSSR count). The van der Waals surface area contributed by atoms with Gasteiger partial charge in [-0.15, -0.1) is 0 Å². The molecule has 0 spiro atoms. The number of hydrogen-bond acceptors (Lipinski definition) is 4. The van der Waals surface area contributed by atoms with Gasteiger partial charge in [0.1, 0.15) is 5.56 Å². The Morgan fingerprint density at radius 2 is 2.10 bits per heavy atom. The van der Waals surface area contributed by atoms with E-state index in [1.807, 2.05) is 13.8 Å². The van der Waals surface area contributed by atoms with Gasteiger partial charge in [0.25, 0.3) is 11.6 Å². The van der Waals surface area contributed by atoms with Gasteiger partial charge in [0.05, 0.1) is 4.92 Å². The number of hydrogen-bond donors (Lipinski definition) is 2. The minimum absolute atomic E-state index is 0.00611. The molecule has 0 aliphatic carbocycles. The number of H-pyrrole nitrogens is 1. The van der Waals surface area contributed by atoms with E-state index >= 15 is 0 Å². The van der Waals surface area contributed by atoms with Crippen molar-refractivity contribution in [3.8, 4) is 0 Å². The van der Waals surface area contributed by atoms with Crippen LogP contribution in [0.5, 0.6) is 0 Å². The van der Waals surface area contributed by atoms with Gasteiger partial charge in [-0.1, -0.05) is 26.0 Å². The molecule has 0 atom stereocenters. The highest BCUT2D eigenvalue weighted by atomic mass is 16.6. The van der Waals surface area contributed by atoms with E-state index in [9.17, 15) is 14.9 Å². The molecule has 1 amide bonds. The zero-order chi connectivity index (χ0) is 14.7. The molecule has 0 saturated carbocycles. The van der Waals surface area contributed by atoms with Crippen LogP contribution >= 0.6 is 0 Å². The van der Waals surface area contributed by atoms with Crippen molar-refractivity contribution in [1.82, 2.24) is 10.2 Å². The largest absolute Gasteiger partial charge is 0.305 e. The van der Waals surface area contributed by atoms with E-state index in [0.717, 1.165) is 5.69 Å². The third-order valence-electron chi connectivity index (χ3n) is 2.81. The topological polar surface area (TPSA) is 101 Å². The summed E-state index contributed by atoms with van der Waals surface area (Å²) in [5, 5.41) is 20.2. The van der Waals surface area contributed by atoms with Crippen LogP contribution in [0.1, 0.15) is 35.8 Å². The van der Waals surface area contributed by atoms with Gasteiger partial charge in [0.15, 0.2) is 5.82 Å². The third kappa shape index (κ3) is 2.82. The molecule has 2 N–H and O–H groups in total. The standard InChI is InChI=1S/C13H14N4O3/c1-8(2)10-7-12(16-15-10)14-13(18)9-5-3-4-6-11(9)17(19)20/h3-8H,1-2H3,(H2,14,15,16,18). The molecule has 1 heterocycles. The van der Waals surface area contributed by atoms with Gasteiger partial charge in [-0.2, -0.15) is 5.10 Å². The first-order valence-electron chi connectivity index (χ1n) is 6.09. The Kier molecular flexibility index (Phi) is 3.79. The highest BCUT2D eigenvalue weighted by Crippen LogP contribution is 2.20. The van der Waals surface area contributed by atoms with Crippen LogP contribution in [0, 0.1) is 10.1 Å². The Hall–Kier alpha value is -2.70. The summed E-state index contributed by atoms with van der Waals surface area (Å²) in [6, 6.07) is 7.49. The van der Waals surface area contributed by atoms with Crippen LogP contribution in [0.4, 0.5) is 11.5 Å². The number of aromatic amines is 1. The number of benzene rings is 1. The molecule has 0 aliphatic heterocycles. The summed E-state index contributed by atoms with van der Waals surface area (Å²) < 4.78 is 0. The lowest BCUT2D eigenvalue weighted by Gasteiger charge is -2.02. The monoisotopic (exact) mass is 274 g/mol. The quantitative estimate of drug-likeness (QED) is 0.661. The highest BCUT2D eigenvalue weighted by Gasteiger charge is 2.20. The summed E-state index contributed by atoms with van der Waals surface area (Å²) in [5.41, 5.74) is 0.652. The minimum Gasteiger partial charge on any atom is -0.305 e. The van der Waals surface area contributed by atoms with Gasteiger partial charge in [-0.25, -0.2) is 0 Å². The lowest BCUT2D eigenvalue weighted by atomic mass is 10.1. The van der Waals surface area contributed by atoms with Crippen molar-refractivity contribution in [3.63, 3.8) is 0 Å². The molecule has 0 unspecified atom stereocenters. The predicted molar refractivity (Wildman–Crippen MR) is 73.7 cm³/mol. The Morgan fingerprint density at radius 1 is 1.40 bits per heavy atom. The Morgan fingerprint density at radius 3 is 2.70 bits per heavy atom. The normalized spacial score (nSPS) is 10.6. The molecule has 1 aromatic carbocycles. The number of carbonyl (C=O) groups is 1. The van der Waals surface area contributed by atoms with Crippen LogP contribution in [0.3, 0.4) is 0 Å². The zero-order valence-electron chi connectivity index (χ0n) is 11.1. The van der Waals surface area contributed by atoms with Crippen LogP contribution < -0.4 is 5.32 Å². The fourth-order valence-corrected chi connectivity index (χ4v) is 1.70. The van der Waals surface area contributed by atoms with E-state index in [2.05, 4.69) is 15.5 Å². The van der Waals surface area contributed by atoms with Crippen LogP contribution in [0.15, 0.2) is 30.3 Å². The fourth-order valence-electron chi connectivity index (χ4n) is 1.70. The van der Waals surface area contributed by atoms with Crippen molar-refractivity contribution >= 4 is 17.4 Å². The first kappa shape index (κ1) is 13.7. The van der Waals surface area contributed by atoms with Crippen molar-refractivity contribution in [2.45, 2.75) is 19.8 Å². The maximum Gasteiger partial charge on any atom is 0.282 e. The number of para-hydroxylation sites is 1. The molecule has 1 aromatic heterocycles. The lowest BCUT2D eigenvalue weighted by molar-refractivity contribution is -0.385. The van der Waals surface area contributed by atoms with Crippen molar-refractivity contribution in [2.24, 2.45) is 0 Å². The van der Waals surface area contributed by atoms with E-state index < -0.39 is 10.8 Å². The van der Waals surface area contributed by atoms with E-state index in [-0.39, 0.29) is 17.2 Å². The van der Waals surface area contributed by atoms with E-state index in [1.54, 1.807) is 12.1 Å². The number of nitrogens with one attached hydrogen (secondary N) is 2. The van der Waals surface area contributed by atoms with Crippen LogP contribution in [-0.4, -0.2) is 21.0 Å². The second kappa shape index (κ2) is 5.52. The lowest BCUT2D eigenvalue weighted by Crippen LogP contribution is -2.14. The van der Waals surface area contributed by atoms with Gasteiger partial charge in [0, 0.05) is 17.8 Å². The number of nitro benzene ring substituents is 1. The number of amides is 1. The zero-order valence-corrected chi connectivity index (χ0v) is 11.1. The maximum absolute atomic E-state index is 12.0. The molecular weight excluding hydrogens is 260 g/mol. The van der Waals surface area contributed by atoms with Gasteiger partial charge >= 0.3 is 0 Å². The smallest absolute Gasteiger partial charge is 0.282 e. The van der Waals surface area contributed by atoms with Gasteiger partial charge in [0.2, 0.25) is 0 Å². The summed E-state index contributed by atoms with van der Waals surface area (Å²) >= 11 is 0. The van der Waals surface area contributed by atoms with E-state index in [4.69, 9.17) is 0 Å². The predicted octanol–water partition coefficient (Wildman–Crippen LogP) is 2.69. The average Bonchev–Trinajstić information content (AvgIpc) is 2.87. The second-order valence-corrected chi connectivity index (χ2v) is 4.59. The third-order valence-corrected chi connectivity index (χ3v) is 2.81. The van der Waals surface area contributed by atoms with E-state index in [1.165, 1.54) is 18.2 Å². The fraction of sp³-hybridized carbons (Fsp3) is 0.231. The van der Waals surface area contributed by atoms with Gasteiger partial charge in [-0.3, -0.25) is 20.0 Å². The summed E-state index contributed by atoms with van der Waals surface area (Å²) in [6.45, 7) is 3.97. The number of nitrogens with zero attached hydrogens (tertiary/aromatic N) is 2. The van der Waals surface area contributed by atoms with Crippen molar-refractivity contribution in [3.05, 3.63) is 51.7 Å². The van der Waals surface area contributed by atoms with Gasteiger partial charge < -0.3 is 5.32 Å². The molecule has 7 nitrogen and oxygen atoms in total. The SMILES string of the molecule is CC(C)c1cc(NC(=O)c2ccccc2[N+](=O)[O-])n[nH]1. The molecule has 20 heavy (non-hydrogen) atoms. The summed E-state index contributed by atoms with van der Waals surface area (Å²) in [5.74, 6) is 0.0372. The van der Waals surface area contributed by atoms with Crippen molar-refractivity contribution < 1.29 is 9.72 Å². The summed E-state index contributed by atoms with van der Waals surface area (Å²) in [4.78, 5) is 22.3. The van der Waals surface area contributed by atoms with Crippen LogP contribution in [0.25, 0.3) is 0 Å². The highest BCUT2D eigenvalue weighted by molar-refractivity contribution is 6.06. The number of nitro groups is 1. The molecule has 7 heteroatoms. The molecule has 0 radical (unpaired) electrons. The number of carbonyl (C=O) groups excluding carboxylic acids is 1. The maximum atomic E-state index is 12.0. The average molecular weight is 274 g/mol. The Balaban J connectivity index is 2.22. The molecular formula is C13H14N4O3. The second-order valence-electron chi connectivity index (χ2n) is 4.59. The minimum atomic E-state index is -0.584. The number of rotatable bonds is 4. The molecule has 0 bridgehead atoms. The molecule has 104 valence electrons. The first-order valence-corrected chi connectivity index (χ1v) is 6.09. The Labute approximate surface area is 115 Å². The molecule has 2 aromatic rings. The van der Waals surface area contributed by atoms with Gasteiger partial charge in [-0.05, 0) is 12.0 Å². The number of aromatic nitrogens is 2. The first-order chi connectivity index (χ1) is 9.49. The van der Waals surface area contributed by atoms with Crippen molar-refractivity contribution in [2.75, 3.05) is 5.32 Å². The summed E-state index contributed by atoms with van der Waals surface area (Å²) in [7, 11) is 0. The molecule has 0 fully saturated rings. The van der Waals surface area contributed by atoms with Crippen LogP contribution in [-0.2, 0) is 0 Å².